The lowest BCUT2D eigenvalue weighted by Gasteiger charge is -2.47. The molecule has 1 aromatic heterocycles. The number of pyridine rings is 1. The fourth-order valence-corrected chi connectivity index (χ4v) is 3.98. The molecule has 6 nitrogen and oxygen atoms in total. The first-order valence-electron chi connectivity index (χ1n) is 7.55. The molecule has 8 heteroatoms. The molecule has 0 amide bonds. The van der Waals surface area contributed by atoms with Crippen LogP contribution in [0, 0.1) is 0 Å². The van der Waals surface area contributed by atoms with Gasteiger partial charge in [-0.3, -0.25) is 9.62 Å². The molecule has 2 aliphatic heterocycles. The first kappa shape index (κ1) is 16.0. The van der Waals surface area contributed by atoms with Gasteiger partial charge < -0.3 is 4.90 Å². The van der Waals surface area contributed by atoms with Gasteiger partial charge in [-0.15, -0.1) is 0 Å². The first-order valence-corrected chi connectivity index (χ1v) is 10.2. The maximum absolute atomic E-state index is 11.5. The second kappa shape index (κ2) is 6.33. The van der Waals surface area contributed by atoms with Crippen molar-refractivity contribution in [2.45, 2.75) is 25.3 Å². The number of nitrogens with zero attached hydrogens (tertiary/aromatic N) is 3. The summed E-state index contributed by atoms with van der Waals surface area (Å²) < 4.78 is 26.4. The summed E-state index contributed by atoms with van der Waals surface area (Å²) in [6.07, 6.45) is 6.77. The van der Waals surface area contributed by atoms with Crippen molar-refractivity contribution in [3.05, 3.63) is 16.7 Å². The van der Waals surface area contributed by atoms with Crippen LogP contribution < -0.4 is 9.62 Å². The van der Waals surface area contributed by atoms with Crippen molar-refractivity contribution in [2.75, 3.05) is 42.1 Å². The van der Waals surface area contributed by atoms with E-state index in [-0.39, 0.29) is 0 Å². The zero-order chi connectivity index (χ0) is 15.7. The Balaban J connectivity index is 1.70. The molecule has 2 fully saturated rings. The minimum atomic E-state index is -3.32. The number of nitrogens with one attached hydrogen (secondary N) is 1. The van der Waals surface area contributed by atoms with Gasteiger partial charge in [0.2, 0.25) is 10.0 Å². The van der Waals surface area contributed by atoms with E-state index in [2.05, 4.69) is 35.4 Å². The van der Waals surface area contributed by atoms with Gasteiger partial charge in [0.1, 0.15) is 0 Å². The van der Waals surface area contributed by atoms with Crippen LogP contribution in [-0.4, -0.2) is 56.8 Å². The monoisotopic (exact) mass is 388 g/mol. The van der Waals surface area contributed by atoms with Gasteiger partial charge in [-0.05, 0) is 47.9 Å². The normalized spacial score (nSPS) is 20.7. The number of piperidine rings is 1. The largest absolute Gasteiger partial charge is 0.352 e. The molecule has 1 N–H and O–H groups in total. The third kappa shape index (κ3) is 3.72. The van der Waals surface area contributed by atoms with Crippen molar-refractivity contribution in [3.8, 4) is 0 Å². The number of sulfonamides is 1. The third-order valence-corrected chi connectivity index (χ3v) is 5.22. The first-order chi connectivity index (χ1) is 10.4. The fourth-order valence-electron chi connectivity index (χ4n) is 3.10. The number of rotatable bonds is 4. The summed E-state index contributed by atoms with van der Waals surface area (Å²) in [7, 11) is -3.32. The van der Waals surface area contributed by atoms with Crippen LogP contribution in [0.15, 0.2) is 16.7 Å². The molecular formula is C14H21BrN4O2S. The van der Waals surface area contributed by atoms with E-state index >= 15 is 0 Å². The number of halogens is 1. The minimum absolute atomic E-state index is 0.536. The molecule has 0 spiro atoms. The van der Waals surface area contributed by atoms with Crippen molar-refractivity contribution in [1.29, 1.82) is 0 Å². The van der Waals surface area contributed by atoms with Gasteiger partial charge in [-0.2, -0.15) is 0 Å². The zero-order valence-corrected chi connectivity index (χ0v) is 15.0. The highest BCUT2D eigenvalue weighted by Gasteiger charge is 2.34. The molecule has 0 aromatic carbocycles. The predicted molar refractivity (Wildman–Crippen MR) is 91.8 cm³/mol. The van der Waals surface area contributed by atoms with Crippen LogP contribution in [0.1, 0.15) is 19.3 Å². The van der Waals surface area contributed by atoms with Crippen LogP contribution in [0.3, 0.4) is 0 Å². The number of aromatic nitrogens is 1. The summed E-state index contributed by atoms with van der Waals surface area (Å²) in [5.74, 6) is 0.710. The van der Waals surface area contributed by atoms with Gasteiger partial charge in [-0.25, -0.2) is 13.4 Å². The van der Waals surface area contributed by atoms with Crippen LogP contribution in [-0.2, 0) is 10.0 Å². The number of anilines is 2. The highest BCUT2D eigenvalue weighted by Crippen LogP contribution is 2.32. The highest BCUT2D eigenvalue weighted by molar-refractivity contribution is 9.10. The van der Waals surface area contributed by atoms with E-state index in [0.29, 0.717) is 17.5 Å². The summed E-state index contributed by atoms with van der Waals surface area (Å²) in [5.41, 5.74) is 0.536. The van der Waals surface area contributed by atoms with Gasteiger partial charge in [0, 0.05) is 29.8 Å². The number of likely N-dealkylation sites (tertiary alicyclic amines) is 1. The Morgan fingerprint density at radius 2 is 1.95 bits per heavy atom. The standard InChI is InChI=1S/C14H21BrN4O2S/c1-22(20,21)17-13-7-11(15)8-16-14(13)19-9-12(10-19)18-5-3-2-4-6-18/h7-8,12,17H,2-6,9-10H2,1H3. The molecule has 3 rings (SSSR count). The van der Waals surface area contributed by atoms with Gasteiger partial charge >= 0.3 is 0 Å². The third-order valence-electron chi connectivity index (χ3n) is 4.20. The van der Waals surface area contributed by atoms with E-state index in [0.717, 1.165) is 23.8 Å². The van der Waals surface area contributed by atoms with Crippen LogP contribution in [0.25, 0.3) is 0 Å². The van der Waals surface area contributed by atoms with Gasteiger partial charge in [0.25, 0.3) is 0 Å². The van der Waals surface area contributed by atoms with E-state index in [1.165, 1.54) is 32.4 Å². The Morgan fingerprint density at radius 3 is 2.59 bits per heavy atom. The maximum Gasteiger partial charge on any atom is 0.229 e. The number of hydrogen-bond acceptors (Lipinski definition) is 5. The lowest BCUT2D eigenvalue weighted by Crippen LogP contribution is -2.60. The van der Waals surface area contributed by atoms with Crippen molar-refractivity contribution in [2.24, 2.45) is 0 Å². The molecule has 0 radical (unpaired) electrons. The molecule has 3 heterocycles. The topological polar surface area (TPSA) is 65.5 Å². The molecule has 2 aliphatic rings. The summed E-state index contributed by atoms with van der Waals surface area (Å²) in [6, 6.07) is 2.33. The Bertz CT molecular complexity index is 640. The zero-order valence-electron chi connectivity index (χ0n) is 12.6. The Hall–Kier alpha value is -0.860. The minimum Gasteiger partial charge on any atom is -0.352 e. The molecule has 2 saturated heterocycles. The van der Waals surface area contributed by atoms with Gasteiger partial charge in [-0.1, -0.05) is 6.42 Å². The highest BCUT2D eigenvalue weighted by atomic mass is 79.9. The van der Waals surface area contributed by atoms with Crippen molar-refractivity contribution in [3.63, 3.8) is 0 Å². The van der Waals surface area contributed by atoms with Crippen molar-refractivity contribution < 1.29 is 8.42 Å². The van der Waals surface area contributed by atoms with E-state index < -0.39 is 10.0 Å². The SMILES string of the molecule is CS(=O)(=O)Nc1cc(Br)cnc1N1CC(N2CCCCC2)C1. The van der Waals surface area contributed by atoms with E-state index in [9.17, 15) is 8.42 Å². The molecule has 1 aromatic rings. The predicted octanol–water partition coefficient (Wildman–Crippen LogP) is 1.89. The molecule has 0 bridgehead atoms. The smallest absolute Gasteiger partial charge is 0.229 e. The van der Waals surface area contributed by atoms with Crippen LogP contribution in [0.2, 0.25) is 0 Å². The second-order valence-corrected chi connectivity index (χ2v) is 8.72. The van der Waals surface area contributed by atoms with E-state index in [1.54, 1.807) is 12.3 Å². The lowest BCUT2D eigenvalue weighted by atomic mass is 10.0. The van der Waals surface area contributed by atoms with Gasteiger partial charge in [0.15, 0.2) is 5.82 Å². The van der Waals surface area contributed by atoms with Crippen molar-refractivity contribution >= 4 is 37.5 Å². The molecule has 22 heavy (non-hydrogen) atoms. The van der Waals surface area contributed by atoms with Crippen LogP contribution in [0.5, 0.6) is 0 Å². The lowest BCUT2D eigenvalue weighted by molar-refractivity contribution is 0.138. The molecule has 0 atom stereocenters. The molecule has 122 valence electrons. The molecule has 0 unspecified atom stereocenters. The second-order valence-electron chi connectivity index (χ2n) is 6.05. The van der Waals surface area contributed by atoms with E-state index in [4.69, 9.17) is 0 Å². The summed E-state index contributed by atoms with van der Waals surface area (Å²) in [4.78, 5) is 9.08. The quantitative estimate of drug-likeness (QED) is 0.852. The van der Waals surface area contributed by atoms with E-state index in [1.807, 2.05) is 0 Å². The average molecular weight is 389 g/mol. The maximum atomic E-state index is 11.5. The van der Waals surface area contributed by atoms with Crippen molar-refractivity contribution in [1.82, 2.24) is 9.88 Å². The van der Waals surface area contributed by atoms with Gasteiger partial charge in [0.05, 0.1) is 11.9 Å². The molecule has 0 saturated carbocycles. The Kier molecular flexibility index (Phi) is 4.61. The molecular weight excluding hydrogens is 368 g/mol. The Morgan fingerprint density at radius 1 is 1.27 bits per heavy atom. The summed E-state index contributed by atoms with van der Waals surface area (Å²) >= 11 is 3.34. The summed E-state index contributed by atoms with van der Waals surface area (Å²) in [5, 5.41) is 0. The average Bonchev–Trinajstić information content (AvgIpc) is 2.39. The van der Waals surface area contributed by atoms with Crippen LogP contribution >= 0.6 is 15.9 Å². The number of hydrogen-bond donors (Lipinski definition) is 1. The summed E-state index contributed by atoms with van der Waals surface area (Å²) in [6.45, 7) is 4.18. The Labute approximate surface area is 140 Å². The van der Waals surface area contributed by atoms with Crippen LogP contribution in [0.4, 0.5) is 11.5 Å². The molecule has 0 aliphatic carbocycles. The fraction of sp³-hybridized carbons (Fsp3) is 0.643.